The number of benzene rings is 1. The number of hydrogen-bond acceptors (Lipinski definition) is 1. The van der Waals surface area contributed by atoms with E-state index in [0.29, 0.717) is 0 Å². The second kappa shape index (κ2) is 6.36. The van der Waals surface area contributed by atoms with Crippen LogP contribution in [-0.4, -0.2) is 10.7 Å². The fourth-order valence-corrected chi connectivity index (χ4v) is 4.92. The number of hydrogen-bond donors (Lipinski definition) is 0. The molecule has 0 nitrogen and oxygen atoms in total. The summed E-state index contributed by atoms with van der Waals surface area (Å²) < 4.78 is 0. The Morgan fingerprint density at radius 2 is 1.83 bits per heavy atom. The third-order valence-electron chi connectivity index (χ3n) is 3.35. The van der Waals surface area contributed by atoms with Gasteiger partial charge in [0.1, 0.15) is 0 Å². The van der Waals surface area contributed by atoms with Crippen LogP contribution in [0.3, 0.4) is 0 Å². The molecule has 0 aliphatic carbocycles. The molecule has 2 aromatic rings. The first-order valence-corrected chi connectivity index (χ1v) is 9.09. The molecule has 3 heteroatoms. The van der Waals surface area contributed by atoms with Crippen LogP contribution in [0.2, 0.25) is 0 Å². The summed E-state index contributed by atoms with van der Waals surface area (Å²) >= 11 is 9.22. The number of alkyl halides is 2. The molecule has 18 heavy (non-hydrogen) atoms. The van der Waals surface area contributed by atoms with Gasteiger partial charge in [0.2, 0.25) is 0 Å². The van der Waals surface area contributed by atoms with Crippen LogP contribution in [0.1, 0.15) is 16.7 Å². The lowest BCUT2D eigenvalue weighted by molar-refractivity contribution is 0.548. The van der Waals surface area contributed by atoms with E-state index in [1.165, 1.54) is 16.7 Å². The fraction of sp³-hybridized carbons (Fsp3) is 0.333. The third-order valence-corrected chi connectivity index (χ3v) is 6.23. The standard InChI is InChI=1S/C15H16Br2S/c1-12-4-2-3-5-14(12)15(10-16,11-17)8-13-6-7-18-9-13/h2-7,9H,8,10-11H2,1H3. The van der Waals surface area contributed by atoms with Crippen molar-refractivity contribution in [2.45, 2.75) is 18.8 Å². The molecule has 96 valence electrons. The Morgan fingerprint density at radius 3 is 2.39 bits per heavy atom. The molecule has 1 aromatic carbocycles. The highest BCUT2D eigenvalue weighted by atomic mass is 79.9. The fourth-order valence-electron chi connectivity index (χ4n) is 2.32. The summed E-state index contributed by atoms with van der Waals surface area (Å²) in [6.07, 6.45) is 1.07. The van der Waals surface area contributed by atoms with Crippen molar-refractivity contribution < 1.29 is 0 Å². The molecule has 0 aliphatic heterocycles. The zero-order valence-corrected chi connectivity index (χ0v) is 14.3. The first kappa shape index (κ1) is 14.3. The minimum atomic E-state index is 0.131. The van der Waals surface area contributed by atoms with Gasteiger partial charge in [0.05, 0.1) is 0 Å². The predicted octanol–water partition coefficient (Wildman–Crippen LogP) is 5.33. The van der Waals surface area contributed by atoms with Gasteiger partial charge in [0.15, 0.2) is 0 Å². The molecule has 1 heterocycles. The maximum atomic E-state index is 3.72. The van der Waals surface area contributed by atoms with E-state index in [1.54, 1.807) is 11.3 Å². The molecule has 0 spiro atoms. The van der Waals surface area contributed by atoms with E-state index in [-0.39, 0.29) is 5.41 Å². The van der Waals surface area contributed by atoms with E-state index >= 15 is 0 Å². The summed E-state index contributed by atoms with van der Waals surface area (Å²) in [5, 5.41) is 6.33. The van der Waals surface area contributed by atoms with Gasteiger partial charge in [0, 0.05) is 16.1 Å². The normalized spacial score (nSPS) is 11.7. The molecule has 0 saturated carbocycles. The Balaban J connectivity index is 2.40. The van der Waals surface area contributed by atoms with Gasteiger partial charge in [-0.15, -0.1) is 0 Å². The summed E-state index contributed by atoms with van der Waals surface area (Å²) in [7, 11) is 0. The molecular weight excluding hydrogens is 372 g/mol. The summed E-state index contributed by atoms with van der Waals surface area (Å²) in [6.45, 7) is 2.20. The Hall–Kier alpha value is -0.120. The number of aryl methyl sites for hydroxylation is 1. The van der Waals surface area contributed by atoms with Crippen molar-refractivity contribution in [1.29, 1.82) is 0 Å². The molecule has 1 aromatic heterocycles. The Kier molecular flexibility index (Phi) is 5.05. The average molecular weight is 388 g/mol. The lowest BCUT2D eigenvalue weighted by Gasteiger charge is -2.32. The van der Waals surface area contributed by atoms with Crippen LogP contribution in [0.15, 0.2) is 41.1 Å². The molecule has 0 bridgehead atoms. The zero-order chi connectivity index (χ0) is 13.0. The predicted molar refractivity (Wildman–Crippen MR) is 88.5 cm³/mol. The topological polar surface area (TPSA) is 0 Å². The Morgan fingerprint density at radius 1 is 1.11 bits per heavy atom. The summed E-state index contributed by atoms with van der Waals surface area (Å²) in [4.78, 5) is 0. The molecule has 2 rings (SSSR count). The lowest BCUT2D eigenvalue weighted by Crippen LogP contribution is -2.33. The van der Waals surface area contributed by atoms with Gasteiger partial charge in [-0.05, 0) is 46.9 Å². The summed E-state index contributed by atoms with van der Waals surface area (Å²) in [5.41, 5.74) is 4.35. The molecule has 0 atom stereocenters. The second-order valence-electron chi connectivity index (χ2n) is 4.67. The lowest BCUT2D eigenvalue weighted by atomic mass is 9.77. The number of thiophene rings is 1. The van der Waals surface area contributed by atoms with E-state index < -0.39 is 0 Å². The zero-order valence-electron chi connectivity index (χ0n) is 10.3. The van der Waals surface area contributed by atoms with Gasteiger partial charge in [-0.25, -0.2) is 0 Å². The largest absolute Gasteiger partial charge is 0.152 e. The Labute approximate surface area is 130 Å². The van der Waals surface area contributed by atoms with E-state index in [4.69, 9.17) is 0 Å². The van der Waals surface area contributed by atoms with E-state index in [1.807, 2.05) is 0 Å². The molecule has 0 saturated heterocycles. The maximum absolute atomic E-state index is 3.72. The SMILES string of the molecule is Cc1ccccc1C(CBr)(CBr)Cc1ccsc1. The smallest absolute Gasteiger partial charge is 0.0190 e. The quantitative estimate of drug-likeness (QED) is 0.608. The van der Waals surface area contributed by atoms with Crippen LogP contribution in [0.25, 0.3) is 0 Å². The number of halogens is 2. The van der Waals surface area contributed by atoms with Gasteiger partial charge < -0.3 is 0 Å². The molecular formula is C15H16Br2S. The molecule has 0 radical (unpaired) electrons. The average Bonchev–Trinajstić information content (AvgIpc) is 2.90. The van der Waals surface area contributed by atoms with Crippen LogP contribution >= 0.6 is 43.2 Å². The van der Waals surface area contributed by atoms with Gasteiger partial charge in [-0.1, -0.05) is 56.1 Å². The van der Waals surface area contributed by atoms with Crippen molar-refractivity contribution in [3.8, 4) is 0 Å². The van der Waals surface area contributed by atoms with E-state index in [2.05, 4.69) is 79.9 Å². The first-order valence-electron chi connectivity index (χ1n) is 5.91. The first-order chi connectivity index (χ1) is 8.72. The molecule has 0 aliphatic rings. The maximum Gasteiger partial charge on any atom is 0.0190 e. The molecule has 0 unspecified atom stereocenters. The Bertz CT molecular complexity index is 487. The van der Waals surface area contributed by atoms with Crippen LogP contribution in [-0.2, 0) is 11.8 Å². The highest BCUT2D eigenvalue weighted by Crippen LogP contribution is 2.35. The van der Waals surface area contributed by atoms with Crippen LogP contribution in [0.4, 0.5) is 0 Å². The van der Waals surface area contributed by atoms with Crippen molar-refractivity contribution in [3.05, 3.63) is 57.8 Å². The third kappa shape index (κ3) is 2.89. The van der Waals surface area contributed by atoms with Crippen molar-refractivity contribution in [2.24, 2.45) is 0 Å². The van der Waals surface area contributed by atoms with Crippen LogP contribution < -0.4 is 0 Å². The molecule has 0 fully saturated rings. The van der Waals surface area contributed by atoms with Crippen LogP contribution in [0, 0.1) is 6.92 Å². The van der Waals surface area contributed by atoms with E-state index in [0.717, 1.165) is 17.1 Å². The van der Waals surface area contributed by atoms with Gasteiger partial charge in [0.25, 0.3) is 0 Å². The summed E-state index contributed by atoms with van der Waals surface area (Å²) in [6, 6.07) is 10.9. The highest BCUT2D eigenvalue weighted by Gasteiger charge is 2.31. The van der Waals surface area contributed by atoms with Crippen LogP contribution in [0.5, 0.6) is 0 Å². The summed E-state index contributed by atoms with van der Waals surface area (Å²) in [5.74, 6) is 0. The van der Waals surface area contributed by atoms with Gasteiger partial charge in [-0.2, -0.15) is 11.3 Å². The molecule has 0 amide bonds. The molecule has 0 N–H and O–H groups in total. The van der Waals surface area contributed by atoms with Crippen molar-refractivity contribution in [2.75, 3.05) is 10.7 Å². The van der Waals surface area contributed by atoms with Crippen molar-refractivity contribution in [1.82, 2.24) is 0 Å². The minimum absolute atomic E-state index is 0.131. The van der Waals surface area contributed by atoms with E-state index in [9.17, 15) is 0 Å². The highest BCUT2D eigenvalue weighted by molar-refractivity contribution is 9.09. The number of rotatable bonds is 5. The second-order valence-corrected chi connectivity index (χ2v) is 6.57. The van der Waals surface area contributed by atoms with Crippen molar-refractivity contribution >= 4 is 43.2 Å². The van der Waals surface area contributed by atoms with Gasteiger partial charge >= 0.3 is 0 Å². The van der Waals surface area contributed by atoms with Gasteiger partial charge in [-0.3, -0.25) is 0 Å². The monoisotopic (exact) mass is 386 g/mol. The minimum Gasteiger partial charge on any atom is -0.152 e. The van der Waals surface area contributed by atoms with Crippen molar-refractivity contribution in [3.63, 3.8) is 0 Å².